The average molecular weight is 303 g/mol. The van der Waals surface area contributed by atoms with Gasteiger partial charge in [-0.1, -0.05) is 6.92 Å². The summed E-state index contributed by atoms with van der Waals surface area (Å²) in [6, 6.07) is 0. The molecule has 1 unspecified atom stereocenters. The van der Waals surface area contributed by atoms with Crippen LogP contribution >= 0.6 is 12.4 Å². The van der Waals surface area contributed by atoms with E-state index in [1.54, 1.807) is 0 Å². The molecule has 0 aromatic carbocycles. The summed E-state index contributed by atoms with van der Waals surface area (Å²) in [4.78, 5) is 2.34. The summed E-state index contributed by atoms with van der Waals surface area (Å²) in [5, 5.41) is 17.0. The van der Waals surface area contributed by atoms with Gasteiger partial charge in [-0.15, -0.1) is 12.4 Å². The van der Waals surface area contributed by atoms with E-state index in [1.165, 1.54) is 12.0 Å². The van der Waals surface area contributed by atoms with Gasteiger partial charge in [-0.05, 0) is 25.3 Å². The quantitative estimate of drug-likeness (QED) is 0.792. The van der Waals surface area contributed by atoms with Crippen molar-refractivity contribution in [1.82, 2.24) is 20.0 Å². The van der Waals surface area contributed by atoms with Crippen LogP contribution in [0, 0.1) is 5.41 Å². The molecule has 1 fully saturated rings. The number of rotatable bonds is 7. The molecule has 0 radical (unpaired) electrons. The summed E-state index contributed by atoms with van der Waals surface area (Å²) in [7, 11) is 0. The van der Waals surface area contributed by atoms with Gasteiger partial charge >= 0.3 is 0 Å². The molecule has 0 saturated carbocycles. The molecule has 0 bridgehead atoms. The van der Waals surface area contributed by atoms with Gasteiger partial charge in [0, 0.05) is 44.5 Å². The Hall–Kier alpha value is -0.620. The largest absolute Gasteiger partial charge is 0.395 e. The molecule has 1 aliphatic rings. The zero-order valence-electron chi connectivity index (χ0n) is 12.5. The van der Waals surface area contributed by atoms with Gasteiger partial charge in [-0.25, -0.2) is 0 Å². The molecule has 2 N–H and O–H groups in total. The maximum Gasteiger partial charge on any atom is 0.0558 e. The van der Waals surface area contributed by atoms with Gasteiger partial charge in [-0.2, -0.15) is 5.10 Å². The van der Waals surface area contributed by atoms with Crippen molar-refractivity contribution in [1.29, 1.82) is 0 Å². The Morgan fingerprint density at radius 2 is 2.35 bits per heavy atom. The van der Waals surface area contributed by atoms with Crippen LogP contribution in [-0.2, 0) is 13.1 Å². The average Bonchev–Trinajstić information content (AvgIpc) is 2.99. The van der Waals surface area contributed by atoms with Gasteiger partial charge < -0.3 is 10.4 Å². The molecule has 1 atom stereocenters. The Labute approximate surface area is 127 Å². The third kappa shape index (κ3) is 4.74. The topological polar surface area (TPSA) is 53.3 Å². The normalized spacial score (nSPS) is 22.2. The van der Waals surface area contributed by atoms with Crippen LogP contribution in [0.2, 0.25) is 0 Å². The summed E-state index contributed by atoms with van der Waals surface area (Å²) < 4.78 is 1.95. The second kappa shape index (κ2) is 7.98. The molecule has 1 aliphatic heterocycles. The molecule has 20 heavy (non-hydrogen) atoms. The minimum atomic E-state index is 0. The summed E-state index contributed by atoms with van der Waals surface area (Å²) >= 11 is 0. The van der Waals surface area contributed by atoms with Gasteiger partial charge in [0.1, 0.15) is 0 Å². The van der Waals surface area contributed by atoms with Crippen molar-refractivity contribution in [3.63, 3.8) is 0 Å². The Bertz CT molecular complexity index is 390. The summed E-state index contributed by atoms with van der Waals surface area (Å²) in [5.74, 6) is 0. The SMILES string of the molecule is CCn1cc(CN(CCO)CC2(C)CCNC2)cn1.Cl. The first kappa shape index (κ1) is 17.4. The van der Waals surface area contributed by atoms with Crippen LogP contribution in [0.5, 0.6) is 0 Å². The fourth-order valence-electron chi connectivity index (χ4n) is 2.82. The van der Waals surface area contributed by atoms with Gasteiger partial charge in [0.05, 0.1) is 12.8 Å². The van der Waals surface area contributed by atoms with Crippen LogP contribution < -0.4 is 5.32 Å². The van der Waals surface area contributed by atoms with Crippen molar-refractivity contribution < 1.29 is 5.11 Å². The molecule has 2 rings (SSSR count). The van der Waals surface area contributed by atoms with E-state index in [-0.39, 0.29) is 19.0 Å². The fourth-order valence-corrected chi connectivity index (χ4v) is 2.82. The maximum absolute atomic E-state index is 9.25. The smallest absolute Gasteiger partial charge is 0.0558 e. The lowest BCUT2D eigenvalue weighted by Crippen LogP contribution is -2.38. The van der Waals surface area contributed by atoms with Crippen LogP contribution in [0.4, 0.5) is 0 Å². The molecule has 6 heteroatoms. The van der Waals surface area contributed by atoms with Gasteiger partial charge in [0.2, 0.25) is 0 Å². The maximum atomic E-state index is 9.25. The number of aliphatic hydroxyl groups is 1. The first-order valence-corrected chi connectivity index (χ1v) is 7.20. The van der Waals surface area contributed by atoms with E-state index < -0.39 is 0 Å². The fraction of sp³-hybridized carbons (Fsp3) is 0.786. The van der Waals surface area contributed by atoms with E-state index in [0.717, 1.165) is 39.3 Å². The van der Waals surface area contributed by atoms with E-state index in [0.29, 0.717) is 5.41 Å². The van der Waals surface area contributed by atoms with Crippen molar-refractivity contribution in [2.75, 3.05) is 32.8 Å². The minimum Gasteiger partial charge on any atom is -0.395 e. The van der Waals surface area contributed by atoms with Crippen LogP contribution in [0.15, 0.2) is 12.4 Å². The third-order valence-corrected chi connectivity index (χ3v) is 3.90. The monoisotopic (exact) mass is 302 g/mol. The second-order valence-electron chi connectivity index (χ2n) is 5.88. The highest BCUT2D eigenvalue weighted by Gasteiger charge is 2.30. The second-order valence-corrected chi connectivity index (χ2v) is 5.88. The van der Waals surface area contributed by atoms with Crippen LogP contribution in [0.25, 0.3) is 0 Å². The van der Waals surface area contributed by atoms with Crippen molar-refractivity contribution in [2.45, 2.75) is 33.4 Å². The van der Waals surface area contributed by atoms with Crippen molar-refractivity contribution in [3.05, 3.63) is 18.0 Å². The molecular weight excluding hydrogens is 276 g/mol. The predicted octanol–water partition coefficient (Wildman–Crippen LogP) is 1.12. The van der Waals surface area contributed by atoms with Crippen molar-refractivity contribution >= 4 is 12.4 Å². The van der Waals surface area contributed by atoms with Crippen LogP contribution in [-0.4, -0.2) is 52.6 Å². The Kier molecular flexibility index (Phi) is 6.95. The first-order chi connectivity index (χ1) is 9.15. The Balaban J connectivity index is 0.00000200. The summed E-state index contributed by atoms with van der Waals surface area (Å²) in [6.07, 6.45) is 5.24. The number of nitrogens with zero attached hydrogens (tertiary/aromatic N) is 3. The molecule has 2 heterocycles. The zero-order chi connectivity index (χ0) is 13.7. The highest BCUT2D eigenvalue weighted by Crippen LogP contribution is 2.26. The number of aromatic nitrogens is 2. The summed E-state index contributed by atoms with van der Waals surface area (Å²) in [6.45, 7) is 10.3. The van der Waals surface area contributed by atoms with E-state index in [1.807, 2.05) is 10.9 Å². The number of aryl methyl sites for hydroxylation is 1. The Morgan fingerprint density at radius 1 is 1.55 bits per heavy atom. The molecule has 1 aromatic heterocycles. The van der Waals surface area contributed by atoms with Crippen LogP contribution in [0.1, 0.15) is 25.8 Å². The zero-order valence-corrected chi connectivity index (χ0v) is 13.3. The number of nitrogens with one attached hydrogen (secondary N) is 1. The number of hydrogen-bond acceptors (Lipinski definition) is 4. The lowest BCUT2D eigenvalue weighted by atomic mass is 9.89. The lowest BCUT2D eigenvalue weighted by molar-refractivity contribution is 0.137. The van der Waals surface area contributed by atoms with Crippen molar-refractivity contribution in [2.24, 2.45) is 5.41 Å². The number of hydrogen-bond donors (Lipinski definition) is 2. The van der Waals surface area contributed by atoms with Gasteiger partial charge in [0.15, 0.2) is 0 Å². The highest BCUT2D eigenvalue weighted by atomic mass is 35.5. The third-order valence-electron chi connectivity index (χ3n) is 3.90. The van der Waals surface area contributed by atoms with Gasteiger partial charge in [0.25, 0.3) is 0 Å². The van der Waals surface area contributed by atoms with Gasteiger partial charge in [-0.3, -0.25) is 9.58 Å². The highest BCUT2D eigenvalue weighted by molar-refractivity contribution is 5.85. The molecule has 1 aromatic rings. The van der Waals surface area contributed by atoms with Crippen LogP contribution in [0.3, 0.4) is 0 Å². The minimum absolute atomic E-state index is 0. The number of aliphatic hydroxyl groups excluding tert-OH is 1. The van der Waals surface area contributed by atoms with E-state index >= 15 is 0 Å². The molecule has 116 valence electrons. The van der Waals surface area contributed by atoms with E-state index in [4.69, 9.17) is 0 Å². The molecule has 0 aliphatic carbocycles. The van der Waals surface area contributed by atoms with E-state index in [2.05, 4.69) is 35.4 Å². The molecule has 5 nitrogen and oxygen atoms in total. The van der Waals surface area contributed by atoms with E-state index in [9.17, 15) is 5.11 Å². The van der Waals surface area contributed by atoms with Crippen molar-refractivity contribution in [3.8, 4) is 0 Å². The Morgan fingerprint density at radius 3 is 2.90 bits per heavy atom. The lowest BCUT2D eigenvalue weighted by Gasteiger charge is -2.31. The first-order valence-electron chi connectivity index (χ1n) is 7.20. The standard InChI is InChI=1S/C14H26N4O.ClH/c1-3-18-10-13(8-16-18)9-17(6-7-19)12-14(2)4-5-15-11-14;/h8,10,15,19H,3-7,9,11-12H2,1-2H3;1H. The molecular formula is C14H27ClN4O. The summed E-state index contributed by atoms with van der Waals surface area (Å²) in [5.41, 5.74) is 1.56. The number of halogens is 1. The molecule has 0 spiro atoms. The molecule has 0 amide bonds. The molecule has 1 saturated heterocycles. The predicted molar refractivity (Wildman–Crippen MR) is 83.1 cm³/mol.